The lowest BCUT2D eigenvalue weighted by molar-refractivity contribution is 0.0345. The Bertz CT molecular complexity index is 248. The normalized spacial score (nSPS) is 20.2. The molecule has 1 fully saturated rings. The van der Waals surface area contributed by atoms with Crippen molar-refractivity contribution in [3.63, 3.8) is 0 Å². The molecule has 0 aromatic rings. The van der Waals surface area contributed by atoms with Crippen LogP contribution in [0.4, 0.5) is 4.79 Å². The monoisotopic (exact) mass is 243 g/mol. The maximum Gasteiger partial charge on any atom is 0.317 e. The quantitative estimate of drug-likeness (QED) is 0.756. The van der Waals surface area contributed by atoms with Gasteiger partial charge in [0.05, 0.1) is 5.60 Å². The Hall–Kier alpha value is -0.810. The predicted molar refractivity (Wildman–Crippen MR) is 68.0 cm³/mol. The molecule has 1 saturated heterocycles. The number of nitrogens with zero attached hydrogens (tertiary/aromatic N) is 2. The molecule has 0 radical (unpaired) electrons. The van der Waals surface area contributed by atoms with Crippen LogP contribution < -0.4 is 5.32 Å². The lowest BCUT2D eigenvalue weighted by Gasteiger charge is -2.30. The minimum atomic E-state index is -0.880. The van der Waals surface area contributed by atoms with Crippen molar-refractivity contribution in [3.8, 4) is 0 Å². The fourth-order valence-electron chi connectivity index (χ4n) is 2.21. The number of urea groups is 1. The van der Waals surface area contributed by atoms with E-state index in [1.165, 1.54) is 6.42 Å². The highest BCUT2D eigenvalue weighted by Crippen LogP contribution is 2.09. The summed E-state index contributed by atoms with van der Waals surface area (Å²) in [4.78, 5) is 15.6. The molecule has 0 bridgehead atoms. The summed E-state index contributed by atoms with van der Waals surface area (Å²) in [5.74, 6) is 0. The number of hydrogen-bond donors (Lipinski definition) is 2. The Morgan fingerprint density at radius 3 is 2.47 bits per heavy atom. The zero-order valence-electron chi connectivity index (χ0n) is 11.2. The number of rotatable bonds is 4. The van der Waals surface area contributed by atoms with Gasteiger partial charge in [0, 0.05) is 26.2 Å². The number of hydrogen-bond acceptors (Lipinski definition) is 3. The summed E-state index contributed by atoms with van der Waals surface area (Å²) in [6.45, 7) is 4.24. The van der Waals surface area contributed by atoms with E-state index in [2.05, 4.69) is 5.32 Å². The van der Waals surface area contributed by atoms with Crippen LogP contribution in [-0.4, -0.2) is 66.8 Å². The van der Waals surface area contributed by atoms with Crippen LogP contribution in [0.15, 0.2) is 0 Å². The zero-order valence-corrected chi connectivity index (χ0v) is 11.2. The van der Waals surface area contributed by atoms with Gasteiger partial charge in [0.15, 0.2) is 0 Å². The number of amides is 2. The second-order valence-electron chi connectivity index (χ2n) is 5.44. The smallest absolute Gasteiger partial charge is 0.317 e. The number of piperidine rings is 1. The first-order chi connectivity index (χ1) is 7.91. The van der Waals surface area contributed by atoms with Gasteiger partial charge in [0.25, 0.3) is 0 Å². The molecule has 0 aromatic carbocycles. The van der Waals surface area contributed by atoms with Crippen molar-refractivity contribution in [3.05, 3.63) is 0 Å². The second-order valence-corrected chi connectivity index (χ2v) is 5.44. The molecule has 5 nitrogen and oxygen atoms in total. The summed E-state index contributed by atoms with van der Waals surface area (Å²) >= 11 is 0. The van der Waals surface area contributed by atoms with Gasteiger partial charge in [0.1, 0.15) is 0 Å². The van der Waals surface area contributed by atoms with Crippen LogP contribution in [0.1, 0.15) is 26.2 Å². The van der Waals surface area contributed by atoms with E-state index >= 15 is 0 Å². The SMILES string of the molecule is CN(C)CC(C)(O)CNC(=O)N1CCCCC1. The molecular formula is C12H25N3O2. The molecule has 1 aliphatic rings. The first-order valence-electron chi connectivity index (χ1n) is 6.31. The molecule has 0 aliphatic carbocycles. The number of likely N-dealkylation sites (tertiary alicyclic amines) is 1. The van der Waals surface area contributed by atoms with Crippen molar-refractivity contribution < 1.29 is 9.90 Å². The Kier molecular flexibility index (Phi) is 5.21. The summed E-state index contributed by atoms with van der Waals surface area (Å²) < 4.78 is 0. The number of nitrogens with one attached hydrogen (secondary N) is 1. The third kappa shape index (κ3) is 5.37. The minimum absolute atomic E-state index is 0.0521. The summed E-state index contributed by atoms with van der Waals surface area (Å²) in [5.41, 5.74) is -0.880. The largest absolute Gasteiger partial charge is 0.387 e. The second kappa shape index (κ2) is 6.21. The molecule has 17 heavy (non-hydrogen) atoms. The van der Waals surface area contributed by atoms with Gasteiger partial charge in [-0.05, 0) is 40.3 Å². The molecule has 1 aliphatic heterocycles. The fourth-order valence-corrected chi connectivity index (χ4v) is 2.21. The molecule has 5 heteroatoms. The molecule has 0 aromatic heterocycles. The molecule has 1 unspecified atom stereocenters. The first kappa shape index (κ1) is 14.3. The van der Waals surface area contributed by atoms with Crippen molar-refractivity contribution in [2.24, 2.45) is 0 Å². The maximum atomic E-state index is 11.8. The van der Waals surface area contributed by atoms with Crippen molar-refractivity contribution in [2.75, 3.05) is 40.3 Å². The molecule has 0 saturated carbocycles. The van der Waals surface area contributed by atoms with Crippen molar-refractivity contribution in [1.29, 1.82) is 0 Å². The van der Waals surface area contributed by atoms with Crippen LogP contribution in [0.5, 0.6) is 0 Å². The van der Waals surface area contributed by atoms with E-state index in [0.717, 1.165) is 25.9 Å². The number of carbonyl (C=O) groups is 1. The topological polar surface area (TPSA) is 55.8 Å². The zero-order chi connectivity index (χ0) is 12.9. The van der Waals surface area contributed by atoms with Crippen LogP contribution >= 0.6 is 0 Å². The average molecular weight is 243 g/mol. The van der Waals surface area contributed by atoms with Gasteiger partial charge in [-0.3, -0.25) is 0 Å². The highest BCUT2D eigenvalue weighted by Gasteiger charge is 2.24. The van der Waals surface area contributed by atoms with Crippen LogP contribution in [0, 0.1) is 0 Å². The highest BCUT2D eigenvalue weighted by molar-refractivity contribution is 5.74. The molecule has 2 amide bonds. The molecule has 2 N–H and O–H groups in total. The maximum absolute atomic E-state index is 11.8. The van der Waals surface area contributed by atoms with Gasteiger partial charge < -0.3 is 20.2 Å². The van der Waals surface area contributed by atoms with Crippen LogP contribution in [-0.2, 0) is 0 Å². The summed E-state index contributed by atoms with van der Waals surface area (Å²) in [6.07, 6.45) is 3.38. The van der Waals surface area contributed by atoms with Crippen LogP contribution in [0.2, 0.25) is 0 Å². The lowest BCUT2D eigenvalue weighted by Crippen LogP contribution is -2.51. The molecule has 0 spiro atoms. The summed E-state index contributed by atoms with van der Waals surface area (Å²) in [7, 11) is 3.81. The van der Waals surface area contributed by atoms with E-state index in [-0.39, 0.29) is 6.03 Å². The van der Waals surface area contributed by atoms with Gasteiger partial charge in [-0.25, -0.2) is 4.79 Å². The van der Waals surface area contributed by atoms with Gasteiger partial charge in [-0.2, -0.15) is 0 Å². The Morgan fingerprint density at radius 2 is 1.94 bits per heavy atom. The molecular weight excluding hydrogens is 218 g/mol. The van der Waals surface area contributed by atoms with E-state index in [1.54, 1.807) is 6.92 Å². The third-order valence-electron chi connectivity index (χ3n) is 2.92. The van der Waals surface area contributed by atoms with Crippen LogP contribution in [0.3, 0.4) is 0 Å². The number of carbonyl (C=O) groups excluding carboxylic acids is 1. The molecule has 1 heterocycles. The van der Waals surface area contributed by atoms with Crippen LogP contribution in [0.25, 0.3) is 0 Å². The summed E-state index contributed by atoms with van der Waals surface area (Å²) in [5, 5.41) is 12.9. The van der Waals surface area contributed by atoms with Gasteiger partial charge in [-0.1, -0.05) is 0 Å². The summed E-state index contributed by atoms with van der Waals surface area (Å²) in [6, 6.07) is -0.0521. The van der Waals surface area contributed by atoms with E-state index in [0.29, 0.717) is 13.1 Å². The molecule has 100 valence electrons. The van der Waals surface area contributed by atoms with Crippen molar-refractivity contribution in [2.45, 2.75) is 31.8 Å². The highest BCUT2D eigenvalue weighted by atomic mass is 16.3. The number of aliphatic hydroxyl groups is 1. The molecule has 1 atom stereocenters. The Balaban J connectivity index is 2.31. The van der Waals surface area contributed by atoms with E-state index in [4.69, 9.17) is 0 Å². The van der Waals surface area contributed by atoms with Crippen molar-refractivity contribution >= 4 is 6.03 Å². The average Bonchev–Trinajstić information content (AvgIpc) is 2.25. The van der Waals surface area contributed by atoms with Crippen molar-refractivity contribution in [1.82, 2.24) is 15.1 Å². The fraction of sp³-hybridized carbons (Fsp3) is 0.917. The predicted octanol–water partition coefficient (Wildman–Crippen LogP) is 0.494. The van der Waals surface area contributed by atoms with Gasteiger partial charge in [-0.15, -0.1) is 0 Å². The standard InChI is InChI=1S/C12H25N3O2/c1-12(17,10-14(2)3)9-13-11(16)15-7-5-4-6-8-15/h17H,4-10H2,1-3H3,(H,13,16). The first-order valence-corrected chi connectivity index (χ1v) is 6.31. The van der Waals surface area contributed by atoms with Gasteiger partial charge in [0.2, 0.25) is 0 Å². The van der Waals surface area contributed by atoms with E-state index in [1.807, 2.05) is 23.9 Å². The van der Waals surface area contributed by atoms with E-state index < -0.39 is 5.60 Å². The van der Waals surface area contributed by atoms with Gasteiger partial charge >= 0.3 is 6.03 Å². The Morgan fingerprint density at radius 1 is 1.35 bits per heavy atom. The lowest BCUT2D eigenvalue weighted by atomic mass is 10.1. The third-order valence-corrected chi connectivity index (χ3v) is 2.92. The molecule has 1 rings (SSSR count). The number of likely N-dealkylation sites (N-methyl/N-ethyl adjacent to an activating group) is 1. The Labute approximate surface area is 104 Å². The minimum Gasteiger partial charge on any atom is -0.387 e. The van der Waals surface area contributed by atoms with E-state index in [9.17, 15) is 9.90 Å².